The van der Waals surface area contributed by atoms with Crippen LogP contribution in [0.1, 0.15) is 20.3 Å². The van der Waals surface area contributed by atoms with Crippen LogP contribution in [-0.2, 0) is 23.9 Å². The van der Waals surface area contributed by atoms with E-state index >= 15 is 0 Å². The highest BCUT2D eigenvalue weighted by Gasteiger charge is 2.43. The molecule has 0 fully saturated rings. The number of allylic oxidation sites excluding steroid dienone is 2. The third-order valence-corrected chi connectivity index (χ3v) is 2.82. The van der Waals surface area contributed by atoms with Gasteiger partial charge < -0.3 is 14.9 Å². The van der Waals surface area contributed by atoms with Crippen molar-refractivity contribution in [3.63, 3.8) is 0 Å². The highest BCUT2D eigenvalue weighted by atomic mass is 16.7. The van der Waals surface area contributed by atoms with Crippen LogP contribution >= 0.6 is 0 Å². The molecule has 0 aliphatic carbocycles. The van der Waals surface area contributed by atoms with Gasteiger partial charge in [-0.15, -0.1) is 0 Å². The van der Waals surface area contributed by atoms with Crippen LogP contribution in [0.5, 0.6) is 0 Å². The van der Waals surface area contributed by atoms with Gasteiger partial charge in [0.2, 0.25) is 0 Å². The number of esters is 1. The normalized spacial score (nSPS) is 10.8. The predicted molar refractivity (Wildman–Crippen MR) is 78.0 cm³/mol. The van der Waals surface area contributed by atoms with Crippen LogP contribution in [0.15, 0.2) is 25.3 Å². The molecule has 0 amide bonds. The molecular formula is C15H21NO5. The second-order valence-corrected chi connectivity index (χ2v) is 4.89. The fraction of sp³-hybridized carbons (Fsp3) is 0.467. The Hall–Kier alpha value is -2.08. The van der Waals surface area contributed by atoms with Gasteiger partial charge in [0, 0.05) is 0 Å². The minimum atomic E-state index is -1.41. The standard InChI is InChI=1S/C15H21NO5/c1-5-12(17)15(7-11(3)4,13(18)6-2)9-20-10-21-14(19)8-16/h5-6,8,11,16H,1-2,7,9-10H2,3-4H3. The summed E-state index contributed by atoms with van der Waals surface area (Å²) in [4.78, 5) is 35.1. The topological polar surface area (TPSA) is 93.5 Å². The number of ketones is 2. The van der Waals surface area contributed by atoms with E-state index in [1.807, 2.05) is 13.8 Å². The number of hydrogen-bond donors (Lipinski definition) is 1. The number of nitrogens with one attached hydrogen (secondary N) is 1. The third-order valence-electron chi connectivity index (χ3n) is 2.82. The summed E-state index contributed by atoms with van der Waals surface area (Å²) in [5.74, 6) is -1.72. The summed E-state index contributed by atoms with van der Waals surface area (Å²) >= 11 is 0. The van der Waals surface area contributed by atoms with Crippen molar-refractivity contribution >= 4 is 23.8 Å². The molecule has 0 aromatic rings. The number of ether oxygens (including phenoxy) is 2. The van der Waals surface area contributed by atoms with Crippen LogP contribution in [0.2, 0.25) is 0 Å². The van der Waals surface area contributed by atoms with Crippen LogP contribution in [0.4, 0.5) is 0 Å². The van der Waals surface area contributed by atoms with Crippen molar-refractivity contribution in [3.8, 4) is 0 Å². The van der Waals surface area contributed by atoms with E-state index in [1.165, 1.54) is 0 Å². The Balaban J connectivity index is 5.08. The smallest absolute Gasteiger partial charge is 0.350 e. The van der Waals surface area contributed by atoms with Gasteiger partial charge in [-0.3, -0.25) is 9.59 Å². The number of carbonyl (C=O) groups excluding carboxylic acids is 3. The molecule has 0 aromatic heterocycles. The monoisotopic (exact) mass is 295 g/mol. The van der Waals surface area contributed by atoms with Crippen molar-refractivity contribution in [3.05, 3.63) is 25.3 Å². The van der Waals surface area contributed by atoms with Crippen molar-refractivity contribution in [1.82, 2.24) is 0 Å². The first-order chi connectivity index (χ1) is 9.83. The Bertz CT molecular complexity index is 419. The lowest BCUT2D eigenvalue weighted by atomic mass is 9.73. The van der Waals surface area contributed by atoms with Gasteiger partial charge in [-0.1, -0.05) is 27.0 Å². The maximum absolute atomic E-state index is 12.1. The molecule has 0 aliphatic heterocycles. The summed E-state index contributed by atoms with van der Waals surface area (Å²) in [6, 6.07) is 0. The zero-order chi connectivity index (χ0) is 16.5. The Labute approximate surface area is 124 Å². The van der Waals surface area contributed by atoms with Gasteiger partial charge in [-0.2, -0.15) is 0 Å². The average Bonchev–Trinajstić information content (AvgIpc) is 2.47. The molecule has 1 N–H and O–H groups in total. The summed E-state index contributed by atoms with van der Waals surface area (Å²) in [5, 5.41) is 6.67. The summed E-state index contributed by atoms with van der Waals surface area (Å²) in [6.07, 6.45) is 2.92. The van der Waals surface area contributed by atoms with E-state index in [2.05, 4.69) is 17.9 Å². The highest BCUT2D eigenvalue weighted by Crippen LogP contribution is 2.30. The van der Waals surface area contributed by atoms with Crippen molar-refractivity contribution < 1.29 is 23.9 Å². The molecule has 0 spiro atoms. The molecule has 0 atom stereocenters. The van der Waals surface area contributed by atoms with E-state index in [1.54, 1.807) is 0 Å². The van der Waals surface area contributed by atoms with Crippen LogP contribution < -0.4 is 0 Å². The van der Waals surface area contributed by atoms with Crippen LogP contribution in [0, 0.1) is 16.7 Å². The average molecular weight is 295 g/mol. The number of carbonyl (C=O) groups is 3. The van der Waals surface area contributed by atoms with E-state index < -0.39 is 29.7 Å². The van der Waals surface area contributed by atoms with Gasteiger partial charge in [0.25, 0.3) is 0 Å². The lowest BCUT2D eigenvalue weighted by Crippen LogP contribution is -2.43. The molecule has 0 unspecified atom stereocenters. The first kappa shape index (κ1) is 18.9. The fourth-order valence-electron chi connectivity index (χ4n) is 1.97. The van der Waals surface area contributed by atoms with Crippen molar-refractivity contribution in [1.29, 1.82) is 5.41 Å². The Kier molecular flexibility index (Phi) is 8.08. The van der Waals surface area contributed by atoms with Gasteiger partial charge in [0.05, 0.1) is 6.61 Å². The van der Waals surface area contributed by atoms with Gasteiger partial charge >= 0.3 is 5.97 Å². The van der Waals surface area contributed by atoms with Crippen molar-refractivity contribution in [2.45, 2.75) is 20.3 Å². The molecule has 0 aliphatic rings. The molecule has 0 radical (unpaired) electrons. The molecule has 116 valence electrons. The minimum Gasteiger partial charge on any atom is -0.434 e. The van der Waals surface area contributed by atoms with Crippen molar-refractivity contribution in [2.24, 2.45) is 11.3 Å². The molecule has 6 nitrogen and oxygen atoms in total. The first-order valence-corrected chi connectivity index (χ1v) is 6.42. The summed E-state index contributed by atoms with van der Waals surface area (Å²) in [7, 11) is 0. The second-order valence-electron chi connectivity index (χ2n) is 4.89. The Morgan fingerprint density at radius 3 is 2.10 bits per heavy atom. The molecule has 21 heavy (non-hydrogen) atoms. The maximum Gasteiger partial charge on any atom is 0.350 e. The zero-order valence-electron chi connectivity index (χ0n) is 12.4. The van der Waals surface area contributed by atoms with Gasteiger partial charge in [0.15, 0.2) is 18.4 Å². The molecular weight excluding hydrogens is 274 g/mol. The van der Waals surface area contributed by atoms with E-state index in [9.17, 15) is 14.4 Å². The van der Waals surface area contributed by atoms with E-state index in [0.717, 1.165) is 12.2 Å². The van der Waals surface area contributed by atoms with Crippen LogP contribution in [0.25, 0.3) is 0 Å². The molecule has 0 saturated carbocycles. The van der Waals surface area contributed by atoms with E-state index in [0.29, 0.717) is 6.21 Å². The van der Waals surface area contributed by atoms with Crippen molar-refractivity contribution in [2.75, 3.05) is 13.4 Å². The second kappa shape index (κ2) is 8.97. The predicted octanol–water partition coefficient (Wildman–Crippen LogP) is 1.70. The lowest BCUT2D eigenvalue weighted by Gasteiger charge is -2.30. The largest absolute Gasteiger partial charge is 0.434 e. The van der Waals surface area contributed by atoms with Gasteiger partial charge in [0.1, 0.15) is 11.6 Å². The van der Waals surface area contributed by atoms with E-state index in [-0.39, 0.29) is 18.9 Å². The fourth-order valence-corrected chi connectivity index (χ4v) is 1.97. The number of hydrogen-bond acceptors (Lipinski definition) is 6. The number of rotatable bonds is 11. The summed E-state index contributed by atoms with van der Waals surface area (Å²) < 4.78 is 9.67. The Morgan fingerprint density at radius 1 is 1.19 bits per heavy atom. The molecule has 0 heterocycles. The molecule has 6 heteroatoms. The third kappa shape index (κ3) is 5.43. The van der Waals surface area contributed by atoms with Crippen LogP contribution in [-0.4, -0.2) is 37.2 Å². The molecule has 0 saturated heterocycles. The minimum absolute atomic E-state index is 0.0607. The zero-order valence-corrected chi connectivity index (χ0v) is 12.4. The lowest BCUT2D eigenvalue weighted by molar-refractivity contribution is -0.155. The molecule has 0 rings (SSSR count). The Morgan fingerprint density at radius 2 is 1.71 bits per heavy atom. The first-order valence-electron chi connectivity index (χ1n) is 6.42. The highest BCUT2D eigenvalue weighted by molar-refractivity contribution is 6.21. The quantitative estimate of drug-likeness (QED) is 0.156. The summed E-state index contributed by atoms with van der Waals surface area (Å²) in [5.41, 5.74) is -1.41. The molecule has 0 aromatic carbocycles. The maximum atomic E-state index is 12.1. The van der Waals surface area contributed by atoms with Gasteiger partial charge in [-0.05, 0) is 24.5 Å². The summed E-state index contributed by atoms with van der Waals surface area (Å²) in [6.45, 7) is 9.88. The van der Waals surface area contributed by atoms with Crippen LogP contribution in [0.3, 0.4) is 0 Å². The van der Waals surface area contributed by atoms with E-state index in [4.69, 9.17) is 10.1 Å². The van der Waals surface area contributed by atoms with Gasteiger partial charge in [-0.25, -0.2) is 4.79 Å². The molecule has 0 bridgehead atoms. The SMILES string of the molecule is C=CC(=O)C(COCOC(=O)C=N)(CC(C)C)C(=O)C=C.